The molecule has 0 unspecified atom stereocenters. The van der Waals surface area contributed by atoms with Gasteiger partial charge in [-0.25, -0.2) is 0 Å². The maximum Gasteiger partial charge on any atom is 0.266 e. The largest absolute Gasteiger partial charge is 0.478 e. The van der Waals surface area contributed by atoms with Gasteiger partial charge in [0.2, 0.25) is 0 Å². The number of rotatable bonds is 3. The number of amides is 1. The zero-order valence-corrected chi connectivity index (χ0v) is 12.1. The van der Waals surface area contributed by atoms with Crippen molar-refractivity contribution in [3.05, 3.63) is 30.3 Å². The summed E-state index contributed by atoms with van der Waals surface area (Å²) in [7, 11) is 0. The van der Waals surface area contributed by atoms with Gasteiger partial charge >= 0.3 is 0 Å². The number of fused-ring (bicyclic) bond motifs is 1. The number of aliphatic hydroxyl groups excluding tert-OH is 1. The third kappa shape index (κ3) is 2.39. The van der Waals surface area contributed by atoms with Gasteiger partial charge in [-0.15, -0.1) is 0 Å². The second-order valence-electron chi connectivity index (χ2n) is 5.76. The predicted molar refractivity (Wildman–Crippen MR) is 76.2 cm³/mol. The highest BCUT2D eigenvalue weighted by Gasteiger charge is 2.57. The van der Waals surface area contributed by atoms with E-state index in [1.807, 2.05) is 6.07 Å². The third-order valence-electron chi connectivity index (χ3n) is 4.28. The number of carbonyl (C=O) groups is 3. The number of hydrogen-bond acceptors (Lipinski definition) is 5. The zero-order chi connectivity index (χ0) is 15.9. The van der Waals surface area contributed by atoms with Gasteiger partial charge in [-0.05, 0) is 19.1 Å². The molecule has 2 aliphatic heterocycles. The van der Waals surface area contributed by atoms with Crippen molar-refractivity contribution >= 4 is 17.5 Å². The van der Waals surface area contributed by atoms with E-state index < -0.39 is 24.2 Å². The molecule has 0 radical (unpaired) electrons. The van der Waals surface area contributed by atoms with Crippen LogP contribution in [-0.2, 0) is 14.4 Å². The lowest BCUT2D eigenvalue weighted by molar-refractivity contribution is -0.174. The first-order valence-electron chi connectivity index (χ1n) is 7.21. The summed E-state index contributed by atoms with van der Waals surface area (Å²) in [5.41, 5.74) is 0. The molecular formula is C16H17NO5. The molecule has 1 N–H and O–H groups in total. The van der Waals surface area contributed by atoms with Crippen LogP contribution in [-0.4, -0.2) is 52.3 Å². The highest BCUT2D eigenvalue weighted by molar-refractivity contribution is 5.96. The number of carbonyl (C=O) groups excluding carboxylic acids is 3. The second kappa shape index (κ2) is 5.53. The molecule has 2 heterocycles. The highest BCUT2D eigenvalue weighted by Crippen LogP contribution is 2.34. The number of hydrogen-bond donors (Lipinski definition) is 1. The summed E-state index contributed by atoms with van der Waals surface area (Å²) in [5.74, 6) is -1.06. The highest BCUT2D eigenvalue weighted by atomic mass is 16.5. The summed E-state index contributed by atoms with van der Waals surface area (Å²) >= 11 is 0. The van der Waals surface area contributed by atoms with E-state index in [-0.39, 0.29) is 30.4 Å². The van der Waals surface area contributed by atoms with Crippen LogP contribution >= 0.6 is 0 Å². The van der Waals surface area contributed by atoms with E-state index in [9.17, 15) is 19.5 Å². The first kappa shape index (κ1) is 14.7. The van der Waals surface area contributed by atoms with E-state index in [0.717, 1.165) is 0 Å². The summed E-state index contributed by atoms with van der Waals surface area (Å²) in [6.45, 7) is 1.28. The fraction of sp³-hybridized carbons (Fsp3) is 0.438. The van der Waals surface area contributed by atoms with Crippen LogP contribution in [0.4, 0.5) is 0 Å². The van der Waals surface area contributed by atoms with Crippen LogP contribution in [0.3, 0.4) is 0 Å². The molecule has 0 aromatic heterocycles. The SMILES string of the molecule is CC(=O)[C@@H]1CC(=O)CN2C(=O)[C@H](Oc3ccccc3)[C@@H]2[C@@H]1O. The molecular weight excluding hydrogens is 286 g/mol. The van der Waals surface area contributed by atoms with E-state index in [0.29, 0.717) is 5.75 Å². The Kier molecular flexibility index (Phi) is 3.70. The molecule has 3 rings (SSSR count). The lowest BCUT2D eigenvalue weighted by atomic mass is 9.84. The lowest BCUT2D eigenvalue weighted by Crippen LogP contribution is -2.71. The van der Waals surface area contributed by atoms with Gasteiger partial charge in [0.25, 0.3) is 5.91 Å². The molecule has 0 aliphatic carbocycles. The van der Waals surface area contributed by atoms with Crippen molar-refractivity contribution in [2.75, 3.05) is 6.54 Å². The fourth-order valence-electron chi connectivity index (χ4n) is 3.09. The van der Waals surface area contributed by atoms with Crippen LogP contribution in [0.25, 0.3) is 0 Å². The van der Waals surface area contributed by atoms with Crippen molar-refractivity contribution < 1.29 is 24.2 Å². The van der Waals surface area contributed by atoms with Crippen molar-refractivity contribution in [1.82, 2.24) is 4.90 Å². The van der Waals surface area contributed by atoms with Crippen molar-refractivity contribution in [1.29, 1.82) is 0 Å². The van der Waals surface area contributed by atoms with Gasteiger partial charge < -0.3 is 14.7 Å². The summed E-state index contributed by atoms with van der Waals surface area (Å²) in [5, 5.41) is 10.4. The topological polar surface area (TPSA) is 83.9 Å². The number of β-lactam (4-membered cyclic amide) rings is 1. The minimum absolute atomic E-state index is 0.0329. The molecule has 1 aromatic rings. The number of nitrogens with zero attached hydrogens (tertiary/aromatic N) is 1. The molecule has 22 heavy (non-hydrogen) atoms. The Hall–Kier alpha value is -2.21. The Morgan fingerprint density at radius 1 is 1.27 bits per heavy atom. The van der Waals surface area contributed by atoms with Crippen LogP contribution in [0.5, 0.6) is 5.75 Å². The van der Waals surface area contributed by atoms with E-state index in [1.54, 1.807) is 24.3 Å². The quantitative estimate of drug-likeness (QED) is 0.806. The van der Waals surface area contributed by atoms with E-state index in [2.05, 4.69) is 0 Å². The van der Waals surface area contributed by atoms with Crippen molar-refractivity contribution in [2.45, 2.75) is 31.6 Å². The van der Waals surface area contributed by atoms with Crippen molar-refractivity contribution in [3.63, 3.8) is 0 Å². The monoisotopic (exact) mass is 303 g/mol. The Morgan fingerprint density at radius 3 is 2.59 bits per heavy atom. The molecule has 1 amide bonds. The number of ketones is 2. The maximum absolute atomic E-state index is 12.2. The van der Waals surface area contributed by atoms with Gasteiger partial charge in [0.05, 0.1) is 18.6 Å². The fourth-order valence-corrected chi connectivity index (χ4v) is 3.09. The minimum Gasteiger partial charge on any atom is -0.478 e. The first-order chi connectivity index (χ1) is 10.5. The van der Waals surface area contributed by atoms with Gasteiger partial charge in [-0.3, -0.25) is 14.4 Å². The number of para-hydroxylation sites is 1. The van der Waals surface area contributed by atoms with E-state index in [1.165, 1.54) is 11.8 Å². The van der Waals surface area contributed by atoms with Crippen LogP contribution in [0.1, 0.15) is 13.3 Å². The first-order valence-corrected chi connectivity index (χ1v) is 7.21. The van der Waals surface area contributed by atoms with Crippen LogP contribution in [0, 0.1) is 5.92 Å². The van der Waals surface area contributed by atoms with Crippen LogP contribution in [0.2, 0.25) is 0 Å². The standard InChI is InChI=1S/C16H17NO5/c1-9(18)12-7-10(19)8-17-13(14(12)20)15(16(17)21)22-11-5-3-2-4-6-11/h2-6,12-15,20H,7-8H2,1H3/t12-,13-,14+,15+/m0/s1. The van der Waals surface area contributed by atoms with Gasteiger partial charge in [-0.1, -0.05) is 18.2 Å². The van der Waals surface area contributed by atoms with Crippen molar-refractivity contribution in [2.24, 2.45) is 5.92 Å². The summed E-state index contributed by atoms with van der Waals surface area (Å²) in [6.07, 6.45) is -1.98. The Morgan fingerprint density at radius 2 is 1.95 bits per heavy atom. The zero-order valence-electron chi connectivity index (χ0n) is 12.1. The van der Waals surface area contributed by atoms with E-state index in [4.69, 9.17) is 4.74 Å². The summed E-state index contributed by atoms with van der Waals surface area (Å²) in [4.78, 5) is 37.0. The molecule has 6 nitrogen and oxygen atoms in total. The Bertz CT molecular complexity index is 614. The molecule has 2 fully saturated rings. The lowest BCUT2D eigenvalue weighted by Gasteiger charge is -2.47. The predicted octanol–water partition coefficient (Wildman–Crippen LogP) is 0.184. The Labute approximate surface area is 127 Å². The maximum atomic E-state index is 12.2. The number of aliphatic hydroxyl groups is 1. The molecule has 0 spiro atoms. The average molecular weight is 303 g/mol. The normalized spacial score (nSPS) is 31.1. The smallest absolute Gasteiger partial charge is 0.266 e. The molecule has 0 saturated carbocycles. The molecule has 6 heteroatoms. The summed E-state index contributed by atoms with van der Waals surface area (Å²) < 4.78 is 5.65. The third-order valence-corrected chi connectivity index (χ3v) is 4.28. The van der Waals surface area contributed by atoms with Crippen LogP contribution < -0.4 is 4.74 Å². The molecule has 1 aromatic carbocycles. The average Bonchev–Trinajstić information content (AvgIpc) is 2.62. The van der Waals surface area contributed by atoms with Gasteiger partial charge in [0.1, 0.15) is 17.6 Å². The Balaban J connectivity index is 1.84. The minimum atomic E-state index is -1.09. The second-order valence-corrected chi connectivity index (χ2v) is 5.76. The van der Waals surface area contributed by atoms with Crippen molar-refractivity contribution in [3.8, 4) is 5.75 Å². The van der Waals surface area contributed by atoms with Gasteiger partial charge in [0.15, 0.2) is 11.9 Å². The molecule has 116 valence electrons. The molecule has 2 aliphatic rings. The molecule has 4 atom stereocenters. The van der Waals surface area contributed by atoms with Gasteiger partial charge in [0, 0.05) is 6.42 Å². The molecule has 0 bridgehead atoms. The molecule has 2 saturated heterocycles. The van der Waals surface area contributed by atoms with Gasteiger partial charge in [-0.2, -0.15) is 0 Å². The number of ether oxygens (including phenoxy) is 1. The number of benzene rings is 1. The van der Waals surface area contributed by atoms with Crippen LogP contribution in [0.15, 0.2) is 30.3 Å². The van der Waals surface area contributed by atoms with E-state index >= 15 is 0 Å². The number of Topliss-reactive ketones (excluding diaryl/α,β-unsaturated/α-hetero) is 2. The summed E-state index contributed by atoms with van der Waals surface area (Å²) in [6, 6.07) is 8.16.